The summed E-state index contributed by atoms with van der Waals surface area (Å²) >= 11 is 5.66. The average molecular weight is 456 g/mol. The predicted octanol–water partition coefficient (Wildman–Crippen LogP) is 3.95. The summed E-state index contributed by atoms with van der Waals surface area (Å²) in [6.45, 7) is 2.03. The first-order valence-corrected chi connectivity index (χ1v) is 9.96. The highest BCUT2D eigenvalue weighted by Gasteiger charge is 2.44. The van der Waals surface area contributed by atoms with E-state index >= 15 is 0 Å². The fourth-order valence-electron chi connectivity index (χ4n) is 2.64. The van der Waals surface area contributed by atoms with Crippen molar-refractivity contribution < 1.29 is 30.8 Å². The van der Waals surface area contributed by atoms with Gasteiger partial charge in [0.1, 0.15) is 22.4 Å². The molecule has 1 aromatic carbocycles. The van der Waals surface area contributed by atoms with Crippen LogP contribution in [0.5, 0.6) is 0 Å². The van der Waals surface area contributed by atoms with E-state index in [1.54, 1.807) is 0 Å². The normalized spacial score (nSPS) is 13.6. The van der Waals surface area contributed by atoms with Crippen molar-refractivity contribution in [2.75, 3.05) is 12.4 Å². The minimum Gasteiger partial charge on any atom is -0.345 e. The molecule has 29 heavy (non-hydrogen) atoms. The second-order valence-electron chi connectivity index (χ2n) is 6.40. The van der Waals surface area contributed by atoms with Crippen LogP contribution in [0.25, 0.3) is 0 Å². The summed E-state index contributed by atoms with van der Waals surface area (Å²) in [4.78, 5) is 12.2. The maximum atomic E-state index is 13.2. The monoisotopic (exact) mass is 455 g/mol. The molecule has 0 saturated carbocycles. The molecule has 0 radical (unpaired) electrons. The van der Waals surface area contributed by atoms with Gasteiger partial charge in [0.05, 0.1) is 5.02 Å². The second-order valence-corrected chi connectivity index (χ2v) is 8.77. The Balaban J connectivity index is 2.41. The van der Waals surface area contributed by atoms with Gasteiger partial charge in [-0.15, -0.1) is 0 Å². The van der Waals surface area contributed by atoms with Crippen molar-refractivity contribution in [2.45, 2.75) is 31.0 Å². The number of rotatable bonds is 5. The number of hydrogen-bond donors (Lipinski definition) is 1. The first kappa shape index (κ1) is 23.2. The fourth-order valence-corrected chi connectivity index (χ4v) is 4.44. The van der Waals surface area contributed by atoms with Gasteiger partial charge in [-0.3, -0.25) is 4.79 Å². The van der Waals surface area contributed by atoms with E-state index in [1.165, 1.54) is 30.7 Å². The predicted molar refractivity (Wildman–Crippen MR) is 100.0 cm³/mol. The van der Waals surface area contributed by atoms with E-state index in [0.717, 1.165) is 26.2 Å². The lowest BCUT2D eigenvalue weighted by atomic mass is 10.2. The number of aryl methyl sites for hydroxylation is 1. The van der Waals surface area contributed by atoms with E-state index in [0.29, 0.717) is 0 Å². The Morgan fingerprint density at radius 2 is 1.90 bits per heavy atom. The molecular weight excluding hydrogens is 438 g/mol. The largest absolute Gasteiger partial charge is 0.404 e. The Morgan fingerprint density at radius 1 is 1.31 bits per heavy atom. The van der Waals surface area contributed by atoms with Gasteiger partial charge in [0, 0.05) is 26.0 Å². The first-order chi connectivity index (χ1) is 13.2. The average Bonchev–Trinajstić information content (AvgIpc) is 2.91. The summed E-state index contributed by atoms with van der Waals surface area (Å²) in [5.41, 5.74) is 0.0470. The number of alkyl halides is 3. The van der Waals surface area contributed by atoms with E-state index in [1.807, 2.05) is 0 Å². The molecule has 1 N–H and O–H groups in total. The molecule has 12 heteroatoms. The molecule has 0 fully saturated rings. The zero-order chi connectivity index (χ0) is 22.3. The van der Waals surface area contributed by atoms with Gasteiger partial charge in [-0.2, -0.15) is 17.5 Å². The lowest BCUT2D eigenvalue weighted by Crippen LogP contribution is -2.44. The summed E-state index contributed by atoms with van der Waals surface area (Å²) in [6.07, 6.45) is -3.69. The molecule has 160 valence electrons. The molecule has 1 heterocycles. The lowest BCUT2D eigenvalue weighted by molar-refractivity contribution is -0.164. The van der Waals surface area contributed by atoms with Crippen molar-refractivity contribution in [1.29, 1.82) is 0 Å². The van der Waals surface area contributed by atoms with Gasteiger partial charge in [0.25, 0.3) is 5.91 Å². The van der Waals surface area contributed by atoms with Gasteiger partial charge in [-0.1, -0.05) is 11.6 Å². The number of sulfonamides is 1. The SMILES string of the molecule is Cc1c(S(=O)(=O)N(C)[C@@H](C)C(F)(F)F)cn(C)c1C(=O)Nc1ccc(F)c(Cl)c1. The Hall–Kier alpha value is -2.11. The molecule has 1 amide bonds. The molecule has 0 saturated heterocycles. The quantitative estimate of drug-likeness (QED) is 0.694. The maximum Gasteiger partial charge on any atom is 0.404 e. The van der Waals surface area contributed by atoms with Crippen molar-refractivity contribution in [3.8, 4) is 0 Å². The molecule has 0 bridgehead atoms. The van der Waals surface area contributed by atoms with E-state index in [4.69, 9.17) is 11.6 Å². The number of hydrogen-bond acceptors (Lipinski definition) is 3. The van der Waals surface area contributed by atoms with E-state index in [9.17, 15) is 30.8 Å². The van der Waals surface area contributed by atoms with Crippen molar-refractivity contribution in [3.63, 3.8) is 0 Å². The molecule has 0 aliphatic heterocycles. The molecule has 2 aromatic rings. The molecule has 6 nitrogen and oxygen atoms in total. The number of carbonyl (C=O) groups excluding carboxylic acids is 1. The van der Waals surface area contributed by atoms with Gasteiger partial charge in [-0.05, 0) is 37.6 Å². The summed E-state index contributed by atoms with van der Waals surface area (Å²) in [5.74, 6) is -1.42. The van der Waals surface area contributed by atoms with E-state index < -0.39 is 38.9 Å². The second kappa shape index (κ2) is 7.96. The number of nitrogens with zero attached hydrogens (tertiary/aromatic N) is 2. The van der Waals surface area contributed by atoms with Crippen molar-refractivity contribution in [2.24, 2.45) is 7.05 Å². The van der Waals surface area contributed by atoms with Gasteiger partial charge >= 0.3 is 6.18 Å². The number of aromatic nitrogens is 1. The van der Waals surface area contributed by atoms with E-state index in [-0.39, 0.29) is 26.3 Å². The lowest BCUT2D eigenvalue weighted by Gasteiger charge is -2.26. The summed E-state index contributed by atoms with van der Waals surface area (Å²) < 4.78 is 78.9. The topological polar surface area (TPSA) is 71.4 Å². The molecule has 0 unspecified atom stereocenters. The molecular formula is C17H18ClF4N3O3S. The molecule has 0 aliphatic carbocycles. The number of anilines is 1. The highest BCUT2D eigenvalue weighted by atomic mass is 35.5. The minimum atomic E-state index is -4.76. The van der Waals surface area contributed by atoms with Gasteiger partial charge in [-0.25, -0.2) is 12.8 Å². The summed E-state index contributed by atoms with van der Waals surface area (Å²) in [7, 11) is -2.33. The van der Waals surface area contributed by atoms with Gasteiger partial charge in [0.2, 0.25) is 10.0 Å². The maximum absolute atomic E-state index is 13.2. The third-order valence-electron chi connectivity index (χ3n) is 4.46. The number of amides is 1. The Kier molecular flexibility index (Phi) is 6.36. The van der Waals surface area contributed by atoms with Gasteiger partial charge < -0.3 is 9.88 Å². The number of halogens is 5. The summed E-state index contributed by atoms with van der Waals surface area (Å²) in [5, 5.41) is 2.23. The zero-order valence-corrected chi connectivity index (χ0v) is 17.4. The molecule has 0 aliphatic rings. The van der Waals surface area contributed by atoms with Crippen LogP contribution in [-0.4, -0.2) is 42.5 Å². The minimum absolute atomic E-state index is 0.0283. The van der Waals surface area contributed by atoms with Crippen molar-refractivity contribution >= 4 is 33.2 Å². The van der Waals surface area contributed by atoms with Crippen LogP contribution in [0.4, 0.5) is 23.2 Å². The van der Waals surface area contributed by atoms with E-state index in [2.05, 4.69) is 5.32 Å². The van der Waals surface area contributed by atoms with Crippen LogP contribution in [0.15, 0.2) is 29.3 Å². The van der Waals surface area contributed by atoms with Crippen molar-refractivity contribution in [3.05, 3.63) is 46.5 Å². The number of nitrogens with one attached hydrogen (secondary N) is 1. The van der Waals surface area contributed by atoms with Crippen LogP contribution in [0.3, 0.4) is 0 Å². The standard InChI is InChI=1S/C17H18ClF4N3O3S/c1-9-14(29(27,28)25(4)10(2)17(20,21)22)8-24(3)15(9)16(26)23-11-5-6-13(19)12(18)7-11/h5-8,10H,1-4H3,(H,23,26)/t10-/m0/s1. The zero-order valence-electron chi connectivity index (χ0n) is 15.8. The third kappa shape index (κ3) is 4.57. The Labute approximate surface area is 170 Å². The highest BCUT2D eigenvalue weighted by Crippen LogP contribution is 2.30. The highest BCUT2D eigenvalue weighted by molar-refractivity contribution is 7.89. The molecule has 1 aromatic heterocycles. The smallest absolute Gasteiger partial charge is 0.345 e. The van der Waals surface area contributed by atoms with Crippen LogP contribution in [0.1, 0.15) is 23.0 Å². The molecule has 1 atom stereocenters. The van der Waals surface area contributed by atoms with Crippen LogP contribution in [0.2, 0.25) is 5.02 Å². The molecule has 0 spiro atoms. The van der Waals surface area contributed by atoms with Gasteiger partial charge in [0.15, 0.2) is 0 Å². The fraction of sp³-hybridized carbons (Fsp3) is 0.353. The Morgan fingerprint density at radius 3 is 2.41 bits per heavy atom. The van der Waals surface area contributed by atoms with Crippen LogP contribution >= 0.6 is 11.6 Å². The Bertz CT molecular complexity index is 1050. The van der Waals surface area contributed by atoms with Crippen LogP contribution in [0, 0.1) is 12.7 Å². The van der Waals surface area contributed by atoms with Crippen LogP contribution < -0.4 is 5.32 Å². The molecule has 2 rings (SSSR count). The third-order valence-corrected chi connectivity index (χ3v) is 6.79. The number of benzene rings is 1. The first-order valence-electron chi connectivity index (χ1n) is 8.15. The summed E-state index contributed by atoms with van der Waals surface area (Å²) in [6, 6.07) is 1.21. The van der Waals surface area contributed by atoms with Crippen LogP contribution in [-0.2, 0) is 17.1 Å². The number of carbonyl (C=O) groups is 1. The van der Waals surface area contributed by atoms with Crippen molar-refractivity contribution in [1.82, 2.24) is 8.87 Å².